The van der Waals surface area contributed by atoms with E-state index in [1.807, 2.05) is 48.5 Å². The average Bonchev–Trinajstić information content (AvgIpc) is 3.41. The second kappa shape index (κ2) is 8.05. The molecule has 1 aromatic heterocycles. The van der Waals surface area contributed by atoms with Crippen LogP contribution in [-0.4, -0.2) is 36.6 Å². The lowest BCUT2D eigenvalue weighted by Crippen LogP contribution is -2.39. The third kappa shape index (κ3) is 3.86. The average molecular weight is 408 g/mol. The molecule has 0 saturated carbocycles. The fourth-order valence-electron chi connectivity index (χ4n) is 3.29. The first-order valence-corrected chi connectivity index (χ1v) is 10.1. The molecule has 3 aromatic rings. The first kappa shape index (κ1) is 19.1. The molecule has 0 spiro atoms. The summed E-state index contributed by atoms with van der Waals surface area (Å²) in [6.07, 6.45) is -0.0836. The van der Waals surface area contributed by atoms with Crippen molar-refractivity contribution in [1.82, 2.24) is 4.98 Å². The summed E-state index contributed by atoms with van der Waals surface area (Å²) in [6.45, 7) is 2.19. The lowest BCUT2D eigenvalue weighted by atomic mass is 10.2. The molecule has 0 aliphatic carbocycles. The van der Waals surface area contributed by atoms with Gasteiger partial charge in [0, 0.05) is 23.2 Å². The molecule has 2 heterocycles. The fourth-order valence-corrected chi connectivity index (χ4v) is 4.09. The summed E-state index contributed by atoms with van der Waals surface area (Å²) in [4.78, 5) is 31.3. The number of thiazole rings is 1. The number of anilines is 1. The van der Waals surface area contributed by atoms with Gasteiger partial charge < -0.3 is 14.4 Å². The van der Waals surface area contributed by atoms with Crippen molar-refractivity contribution in [2.45, 2.75) is 19.4 Å². The van der Waals surface area contributed by atoms with Gasteiger partial charge >= 0.3 is 5.97 Å². The van der Waals surface area contributed by atoms with Gasteiger partial charge in [0.2, 0.25) is 0 Å². The van der Waals surface area contributed by atoms with E-state index in [4.69, 9.17) is 9.47 Å². The Morgan fingerprint density at radius 2 is 1.90 bits per heavy atom. The van der Waals surface area contributed by atoms with Crippen LogP contribution in [0.5, 0.6) is 5.75 Å². The van der Waals surface area contributed by atoms with E-state index in [1.54, 1.807) is 24.3 Å². The Labute approximate surface area is 172 Å². The molecule has 148 valence electrons. The predicted octanol–water partition coefficient (Wildman–Crippen LogP) is 3.95. The third-order valence-corrected chi connectivity index (χ3v) is 5.73. The van der Waals surface area contributed by atoms with Crippen LogP contribution >= 0.6 is 11.3 Å². The number of ether oxygens (including phenoxy) is 2. The smallest absolute Gasteiger partial charge is 0.358 e. The Kier molecular flexibility index (Phi) is 5.31. The normalized spacial score (nSPS) is 13.7. The molecular weight excluding hydrogens is 388 g/mol. The summed E-state index contributed by atoms with van der Waals surface area (Å²) in [6, 6.07) is 15.2. The minimum atomic E-state index is -0.889. The van der Waals surface area contributed by atoms with Gasteiger partial charge in [-0.2, -0.15) is 0 Å². The van der Waals surface area contributed by atoms with Crippen molar-refractivity contribution in [3.63, 3.8) is 0 Å². The van der Waals surface area contributed by atoms with Crippen LogP contribution in [0, 0.1) is 0 Å². The second-order valence-corrected chi connectivity index (χ2v) is 7.54. The molecule has 0 N–H and O–H groups in total. The molecule has 0 bridgehead atoms. The van der Waals surface area contributed by atoms with Gasteiger partial charge in [-0.3, -0.25) is 4.79 Å². The summed E-state index contributed by atoms with van der Waals surface area (Å²) in [7, 11) is 1.61. The van der Waals surface area contributed by atoms with Gasteiger partial charge in [0.1, 0.15) is 10.8 Å². The minimum Gasteiger partial charge on any atom is -0.497 e. The molecule has 6 nitrogen and oxygen atoms in total. The maximum atomic E-state index is 12.8. The first-order chi connectivity index (χ1) is 14.1. The van der Waals surface area contributed by atoms with Crippen LogP contribution in [0.15, 0.2) is 53.9 Å². The summed E-state index contributed by atoms with van der Waals surface area (Å²) in [5.74, 6) is -0.0796. The van der Waals surface area contributed by atoms with Crippen molar-refractivity contribution in [2.24, 2.45) is 0 Å². The molecule has 0 unspecified atom stereocenters. The molecule has 0 fully saturated rings. The number of hydrogen-bond donors (Lipinski definition) is 0. The highest BCUT2D eigenvalue weighted by Crippen LogP contribution is 2.29. The molecular formula is C22H20N2O4S. The van der Waals surface area contributed by atoms with Crippen LogP contribution in [0.1, 0.15) is 23.0 Å². The molecule has 29 heavy (non-hydrogen) atoms. The molecule has 1 atom stereocenters. The second-order valence-electron chi connectivity index (χ2n) is 6.68. The Hall–Kier alpha value is -3.19. The van der Waals surface area contributed by atoms with Gasteiger partial charge in [-0.15, -0.1) is 11.3 Å². The van der Waals surface area contributed by atoms with Gasteiger partial charge in [0.05, 0.1) is 7.11 Å². The topological polar surface area (TPSA) is 68.7 Å². The zero-order valence-electron chi connectivity index (χ0n) is 16.1. The van der Waals surface area contributed by atoms with Gasteiger partial charge in [0.25, 0.3) is 5.91 Å². The molecule has 1 aliphatic rings. The Morgan fingerprint density at radius 1 is 1.14 bits per heavy atom. The fraction of sp³-hybridized carbons (Fsp3) is 0.227. The van der Waals surface area contributed by atoms with Crippen molar-refractivity contribution in [1.29, 1.82) is 0 Å². The minimum absolute atomic E-state index is 0.197. The number of rotatable bonds is 5. The van der Waals surface area contributed by atoms with E-state index in [9.17, 15) is 9.59 Å². The zero-order chi connectivity index (χ0) is 20.4. The van der Waals surface area contributed by atoms with Crippen molar-refractivity contribution in [2.75, 3.05) is 18.6 Å². The number of fused-ring (bicyclic) bond motifs is 1. The number of benzene rings is 2. The highest BCUT2D eigenvalue weighted by atomic mass is 32.1. The van der Waals surface area contributed by atoms with Crippen molar-refractivity contribution in [3.8, 4) is 16.3 Å². The monoisotopic (exact) mass is 408 g/mol. The maximum absolute atomic E-state index is 12.8. The van der Waals surface area contributed by atoms with Crippen LogP contribution in [0.2, 0.25) is 0 Å². The predicted molar refractivity (Wildman–Crippen MR) is 111 cm³/mol. The van der Waals surface area contributed by atoms with Crippen LogP contribution in [0.25, 0.3) is 10.6 Å². The van der Waals surface area contributed by atoms with E-state index in [0.29, 0.717) is 11.6 Å². The molecule has 7 heteroatoms. The number of esters is 1. The maximum Gasteiger partial charge on any atom is 0.358 e. The van der Waals surface area contributed by atoms with E-state index in [2.05, 4.69) is 4.98 Å². The third-order valence-electron chi connectivity index (χ3n) is 4.84. The van der Waals surface area contributed by atoms with Crippen molar-refractivity contribution >= 4 is 28.9 Å². The van der Waals surface area contributed by atoms with E-state index >= 15 is 0 Å². The molecule has 2 aromatic carbocycles. The van der Waals surface area contributed by atoms with Gasteiger partial charge in [-0.25, -0.2) is 9.78 Å². The van der Waals surface area contributed by atoms with Crippen LogP contribution in [0.4, 0.5) is 5.69 Å². The Morgan fingerprint density at radius 3 is 2.66 bits per heavy atom. The Balaban J connectivity index is 1.43. The van der Waals surface area contributed by atoms with Gasteiger partial charge in [-0.05, 0) is 49.2 Å². The standard InChI is InChI=1S/C22H20N2O4S/c1-14(21(25)24-12-11-15-5-3-4-6-19(15)24)28-22(26)18-13-29-20(23-18)16-7-9-17(27-2)10-8-16/h3-10,13-14H,11-12H2,1-2H3/t14-/m0/s1. The SMILES string of the molecule is COc1ccc(-c2nc(C(=O)O[C@@H](C)C(=O)N3CCc4ccccc43)cs2)cc1. The van der Waals surface area contributed by atoms with Crippen LogP contribution in [-0.2, 0) is 16.0 Å². The molecule has 0 saturated heterocycles. The number of aromatic nitrogens is 1. The van der Waals surface area contributed by atoms with Crippen molar-refractivity contribution in [3.05, 3.63) is 65.2 Å². The highest BCUT2D eigenvalue weighted by molar-refractivity contribution is 7.13. The van der Waals surface area contributed by atoms with Gasteiger partial charge in [-0.1, -0.05) is 18.2 Å². The number of para-hydroxylation sites is 1. The van der Waals surface area contributed by atoms with Gasteiger partial charge in [0.15, 0.2) is 11.8 Å². The quantitative estimate of drug-likeness (QED) is 0.598. The lowest BCUT2D eigenvalue weighted by Gasteiger charge is -2.21. The Bertz CT molecular complexity index is 1040. The number of amides is 1. The van der Waals surface area contributed by atoms with E-state index in [1.165, 1.54) is 11.3 Å². The highest BCUT2D eigenvalue weighted by Gasteiger charge is 2.30. The number of methoxy groups -OCH3 is 1. The number of nitrogens with zero attached hydrogens (tertiary/aromatic N) is 2. The number of carbonyl (C=O) groups is 2. The zero-order valence-corrected chi connectivity index (χ0v) is 16.9. The van der Waals surface area contributed by atoms with E-state index in [-0.39, 0.29) is 11.6 Å². The van der Waals surface area contributed by atoms with E-state index < -0.39 is 12.1 Å². The number of carbonyl (C=O) groups excluding carboxylic acids is 2. The molecule has 1 aliphatic heterocycles. The summed E-state index contributed by atoms with van der Waals surface area (Å²) >= 11 is 1.35. The summed E-state index contributed by atoms with van der Waals surface area (Å²) in [5, 5.41) is 2.34. The molecule has 0 radical (unpaired) electrons. The largest absolute Gasteiger partial charge is 0.497 e. The molecule has 1 amide bonds. The van der Waals surface area contributed by atoms with E-state index in [0.717, 1.165) is 29.0 Å². The lowest BCUT2D eigenvalue weighted by molar-refractivity contribution is -0.126. The summed E-state index contributed by atoms with van der Waals surface area (Å²) in [5.41, 5.74) is 3.09. The van der Waals surface area contributed by atoms with Crippen molar-refractivity contribution < 1.29 is 19.1 Å². The number of hydrogen-bond acceptors (Lipinski definition) is 6. The van der Waals surface area contributed by atoms with Crippen LogP contribution in [0.3, 0.4) is 0 Å². The molecule has 4 rings (SSSR count). The van der Waals surface area contributed by atoms with Crippen LogP contribution < -0.4 is 9.64 Å². The summed E-state index contributed by atoms with van der Waals surface area (Å²) < 4.78 is 10.6. The first-order valence-electron chi connectivity index (χ1n) is 9.27.